The zero-order chi connectivity index (χ0) is 15.5. The van der Waals surface area contributed by atoms with Gasteiger partial charge in [-0.25, -0.2) is 12.8 Å². The number of para-hydroxylation sites is 1. The topological polar surface area (TPSA) is 37.4 Å². The molecule has 1 spiro atoms. The third-order valence-electron chi connectivity index (χ3n) is 4.51. The molecule has 6 heteroatoms. The minimum Gasteiger partial charge on any atom is -0.265 e. The summed E-state index contributed by atoms with van der Waals surface area (Å²) in [5.74, 6) is -0.551. The van der Waals surface area contributed by atoms with E-state index in [1.54, 1.807) is 0 Å². The summed E-state index contributed by atoms with van der Waals surface area (Å²) in [6.07, 6.45) is 1.99. The predicted molar refractivity (Wildman–Crippen MR) is 83.3 cm³/mol. The summed E-state index contributed by atoms with van der Waals surface area (Å²) in [5, 5.41) is -0.0887. The van der Waals surface area contributed by atoms with E-state index in [0.717, 1.165) is 30.5 Å². The first kappa shape index (κ1) is 14.0. The third-order valence-corrected chi connectivity index (χ3v) is 6.75. The number of fused-ring (bicyclic) bond motifs is 2. The Morgan fingerprint density at radius 1 is 1.14 bits per heavy atom. The zero-order valence-electron chi connectivity index (χ0n) is 11.6. The number of hydrogen-bond acceptors (Lipinski definition) is 2. The summed E-state index contributed by atoms with van der Waals surface area (Å²) in [6, 6.07) is 10.9. The van der Waals surface area contributed by atoms with Crippen LogP contribution in [0.25, 0.3) is 0 Å². The molecule has 0 unspecified atom stereocenters. The Kier molecular flexibility index (Phi) is 2.84. The Balaban J connectivity index is 1.85. The van der Waals surface area contributed by atoms with Crippen LogP contribution in [0.2, 0.25) is 5.02 Å². The fraction of sp³-hybridized carbons (Fsp3) is 0.250. The maximum atomic E-state index is 13.2. The van der Waals surface area contributed by atoms with Gasteiger partial charge in [0.2, 0.25) is 0 Å². The van der Waals surface area contributed by atoms with E-state index in [-0.39, 0.29) is 15.3 Å². The summed E-state index contributed by atoms with van der Waals surface area (Å²) in [7, 11) is -3.80. The van der Waals surface area contributed by atoms with Crippen LogP contribution in [0.1, 0.15) is 18.4 Å². The molecule has 0 radical (unpaired) electrons. The largest absolute Gasteiger partial charge is 0.265 e. The molecule has 1 fully saturated rings. The van der Waals surface area contributed by atoms with Crippen LogP contribution in [0.15, 0.2) is 47.4 Å². The van der Waals surface area contributed by atoms with E-state index >= 15 is 0 Å². The number of nitrogens with zero attached hydrogens (tertiary/aromatic N) is 1. The molecule has 1 aliphatic carbocycles. The second-order valence-electron chi connectivity index (χ2n) is 5.88. The summed E-state index contributed by atoms with van der Waals surface area (Å²) < 4.78 is 40.5. The molecule has 0 atom stereocenters. The Morgan fingerprint density at radius 2 is 1.86 bits per heavy atom. The molecular weight excluding hydrogens is 325 g/mol. The lowest BCUT2D eigenvalue weighted by atomic mass is 9.99. The Hall–Kier alpha value is -1.59. The van der Waals surface area contributed by atoms with Crippen LogP contribution in [-0.4, -0.2) is 15.0 Å². The van der Waals surface area contributed by atoms with Crippen molar-refractivity contribution in [1.29, 1.82) is 0 Å². The minimum absolute atomic E-state index is 0.0455. The first-order valence-electron chi connectivity index (χ1n) is 7.01. The van der Waals surface area contributed by atoms with Gasteiger partial charge in [0.1, 0.15) is 10.7 Å². The summed E-state index contributed by atoms with van der Waals surface area (Å²) in [6.45, 7) is 0.433. The molecule has 0 saturated heterocycles. The van der Waals surface area contributed by atoms with Crippen molar-refractivity contribution in [3.05, 3.63) is 58.9 Å². The van der Waals surface area contributed by atoms with E-state index < -0.39 is 15.8 Å². The van der Waals surface area contributed by atoms with E-state index in [1.807, 2.05) is 24.3 Å². The molecule has 3 nitrogen and oxygen atoms in total. The van der Waals surface area contributed by atoms with Crippen LogP contribution in [0.4, 0.5) is 10.1 Å². The van der Waals surface area contributed by atoms with Crippen LogP contribution in [0.3, 0.4) is 0 Å². The molecule has 1 saturated carbocycles. The van der Waals surface area contributed by atoms with Crippen molar-refractivity contribution in [2.24, 2.45) is 0 Å². The molecule has 0 bridgehead atoms. The summed E-state index contributed by atoms with van der Waals surface area (Å²) >= 11 is 5.96. The number of hydrogen-bond donors (Lipinski definition) is 0. The Labute approximate surface area is 133 Å². The fourth-order valence-electron chi connectivity index (χ4n) is 3.18. The van der Waals surface area contributed by atoms with Gasteiger partial charge in [-0.1, -0.05) is 29.8 Å². The van der Waals surface area contributed by atoms with Crippen molar-refractivity contribution >= 4 is 27.3 Å². The molecule has 1 heterocycles. The molecule has 4 rings (SSSR count). The molecular formula is C16H13ClFNO2S. The highest BCUT2D eigenvalue weighted by atomic mass is 35.5. The Morgan fingerprint density at radius 3 is 2.55 bits per heavy atom. The standard InChI is InChI=1S/C16H13ClFNO2S/c17-13-9-11(18)5-6-15(13)22(20,21)19-10-16(7-8-16)12-3-1-2-4-14(12)19/h1-6,9H,7-8,10H2. The van der Waals surface area contributed by atoms with Crippen molar-refractivity contribution in [2.75, 3.05) is 10.8 Å². The van der Waals surface area contributed by atoms with Crippen LogP contribution in [-0.2, 0) is 15.4 Å². The molecule has 0 aromatic heterocycles. The average molecular weight is 338 g/mol. The molecule has 114 valence electrons. The van der Waals surface area contributed by atoms with E-state index in [2.05, 4.69) is 0 Å². The molecule has 22 heavy (non-hydrogen) atoms. The normalized spacial score (nSPS) is 18.5. The van der Waals surface area contributed by atoms with Gasteiger partial charge >= 0.3 is 0 Å². The van der Waals surface area contributed by atoms with E-state index in [1.165, 1.54) is 10.4 Å². The highest BCUT2D eigenvalue weighted by molar-refractivity contribution is 7.93. The van der Waals surface area contributed by atoms with E-state index in [4.69, 9.17) is 11.6 Å². The van der Waals surface area contributed by atoms with Gasteiger partial charge in [0.05, 0.1) is 10.7 Å². The monoisotopic (exact) mass is 337 g/mol. The maximum absolute atomic E-state index is 13.2. The number of benzene rings is 2. The molecule has 0 N–H and O–H groups in total. The van der Waals surface area contributed by atoms with Crippen molar-refractivity contribution in [2.45, 2.75) is 23.2 Å². The third kappa shape index (κ3) is 1.88. The van der Waals surface area contributed by atoms with Crippen LogP contribution >= 0.6 is 11.6 Å². The highest BCUT2D eigenvalue weighted by Crippen LogP contribution is 2.57. The second kappa shape index (κ2) is 4.46. The van der Waals surface area contributed by atoms with Gasteiger partial charge in [-0.05, 0) is 42.7 Å². The molecule has 0 amide bonds. The summed E-state index contributed by atoms with van der Waals surface area (Å²) in [4.78, 5) is -0.0527. The molecule has 1 aliphatic heterocycles. The van der Waals surface area contributed by atoms with Gasteiger partial charge in [0.15, 0.2) is 0 Å². The van der Waals surface area contributed by atoms with Crippen molar-refractivity contribution in [3.63, 3.8) is 0 Å². The van der Waals surface area contributed by atoms with Gasteiger partial charge < -0.3 is 0 Å². The number of anilines is 1. The minimum atomic E-state index is -3.80. The fourth-order valence-corrected chi connectivity index (χ4v) is 5.26. The summed E-state index contributed by atoms with van der Waals surface area (Å²) in [5.41, 5.74) is 1.74. The molecule has 2 aromatic rings. The van der Waals surface area contributed by atoms with E-state index in [9.17, 15) is 12.8 Å². The predicted octanol–water partition coefficient (Wildman–Crippen LogP) is 3.72. The quantitative estimate of drug-likeness (QED) is 0.837. The smallest absolute Gasteiger partial charge is 0.265 e. The van der Waals surface area contributed by atoms with Gasteiger partial charge in [-0.2, -0.15) is 0 Å². The van der Waals surface area contributed by atoms with Crippen LogP contribution in [0.5, 0.6) is 0 Å². The van der Waals surface area contributed by atoms with Crippen LogP contribution in [0, 0.1) is 5.82 Å². The van der Waals surface area contributed by atoms with Gasteiger partial charge in [-0.3, -0.25) is 4.31 Å². The lowest BCUT2D eigenvalue weighted by Crippen LogP contribution is -2.31. The maximum Gasteiger partial charge on any atom is 0.265 e. The average Bonchev–Trinajstić information content (AvgIpc) is 3.16. The second-order valence-corrected chi connectivity index (χ2v) is 8.12. The number of rotatable bonds is 2. The zero-order valence-corrected chi connectivity index (χ0v) is 13.2. The van der Waals surface area contributed by atoms with Gasteiger partial charge in [-0.15, -0.1) is 0 Å². The molecule has 2 aliphatic rings. The Bertz CT molecular complexity index is 877. The number of sulfonamides is 1. The van der Waals surface area contributed by atoms with Crippen LogP contribution < -0.4 is 4.31 Å². The SMILES string of the molecule is O=S(=O)(c1ccc(F)cc1Cl)N1CC2(CC2)c2ccccc21. The van der Waals surface area contributed by atoms with Crippen molar-refractivity contribution in [1.82, 2.24) is 0 Å². The van der Waals surface area contributed by atoms with Gasteiger partial charge in [0.25, 0.3) is 10.0 Å². The van der Waals surface area contributed by atoms with Crippen molar-refractivity contribution < 1.29 is 12.8 Å². The van der Waals surface area contributed by atoms with Crippen molar-refractivity contribution in [3.8, 4) is 0 Å². The lowest BCUT2D eigenvalue weighted by Gasteiger charge is -2.20. The van der Waals surface area contributed by atoms with Gasteiger partial charge in [0, 0.05) is 12.0 Å². The lowest BCUT2D eigenvalue weighted by molar-refractivity contribution is 0.587. The first-order valence-corrected chi connectivity index (χ1v) is 8.83. The highest BCUT2D eigenvalue weighted by Gasteiger charge is 2.54. The first-order chi connectivity index (χ1) is 10.4. The molecule has 2 aromatic carbocycles. The van der Waals surface area contributed by atoms with E-state index in [0.29, 0.717) is 12.2 Å². The number of halogens is 2.